The molecule has 0 amide bonds. The summed E-state index contributed by atoms with van der Waals surface area (Å²) in [5, 5.41) is 0. The number of nitrogens with zero attached hydrogens (tertiary/aromatic N) is 3. The van der Waals surface area contributed by atoms with Crippen LogP contribution in [0.3, 0.4) is 0 Å². The van der Waals surface area contributed by atoms with Crippen LogP contribution in [-0.4, -0.2) is 82.1 Å². The lowest BCUT2D eigenvalue weighted by molar-refractivity contribution is 0.141. The molecule has 0 unspecified atom stereocenters. The van der Waals surface area contributed by atoms with Gasteiger partial charge in [0, 0.05) is 26.2 Å². The molecule has 1 heterocycles. The fraction of sp³-hybridized carbons (Fsp3) is 1.00. The van der Waals surface area contributed by atoms with Crippen LogP contribution in [0.15, 0.2) is 0 Å². The van der Waals surface area contributed by atoms with Crippen molar-refractivity contribution in [2.24, 2.45) is 0 Å². The number of piperidine rings is 1. The Balaban J connectivity index is 2.32. The fourth-order valence-corrected chi connectivity index (χ4v) is 2.50. The van der Waals surface area contributed by atoms with Gasteiger partial charge in [0.15, 0.2) is 0 Å². The summed E-state index contributed by atoms with van der Waals surface area (Å²) >= 11 is 0. The van der Waals surface area contributed by atoms with E-state index in [9.17, 15) is 8.42 Å². The third-order valence-corrected chi connectivity index (χ3v) is 4.96. The monoisotopic (exact) mass is 263 g/mol. The van der Waals surface area contributed by atoms with Crippen LogP contribution < -0.4 is 0 Å². The SMILES string of the molecule is CN1CCC(N(C)CCN(C)S(C)(=O)=O)CC1. The molecule has 17 heavy (non-hydrogen) atoms. The molecule has 0 aromatic carbocycles. The van der Waals surface area contributed by atoms with Gasteiger partial charge in [-0.25, -0.2) is 12.7 Å². The summed E-state index contributed by atoms with van der Waals surface area (Å²) in [4.78, 5) is 4.63. The third-order valence-electron chi connectivity index (χ3n) is 3.65. The Kier molecular flexibility index (Phi) is 5.37. The molecule has 1 saturated heterocycles. The molecular formula is C11H25N3O2S. The zero-order valence-electron chi connectivity index (χ0n) is 11.4. The van der Waals surface area contributed by atoms with Gasteiger partial charge < -0.3 is 9.80 Å². The minimum Gasteiger partial charge on any atom is -0.306 e. The van der Waals surface area contributed by atoms with E-state index in [4.69, 9.17) is 0 Å². The highest BCUT2D eigenvalue weighted by Gasteiger charge is 2.21. The molecule has 0 aromatic rings. The maximum Gasteiger partial charge on any atom is 0.210 e. The van der Waals surface area contributed by atoms with Crippen molar-refractivity contribution in [1.29, 1.82) is 0 Å². The Labute approximate surface area is 105 Å². The zero-order valence-corrected chi connectivity index (χ0v) is 12.2. The first-order valence-corrected chi connectivity index (χ1v) is 7.95. The van der Waals surface area contributed by atoms with E-state index in [1.54, 1.807) is 7.05 Å². The lowest BCUT2D eigenvalue weighted by Gasteiger charge is -2.35. The van der Waals surface area contributed by atoms with Crippen LogP contribution in [0, 0.1) is 0 Å². The predicted molar refractivity (Wildman–Crippen MR) is 70.6 cm³/mol. The quantitative estimate of drug-likeness (QED) is 0.695. The number of rotatable bonds is 5. The second-order valence-corrected chi connectivity index (χ2v) is 7.19. The molecule has 0 radical (unpaired) electrons. The molecule has 0 saturated carbocycles. The van der Waals surface area contributed by atoms with Crippen LogP contribution in [0.5, 0.6) is 0 Å². The first kappa shape index (κ1) is 14.9. The summed E-state index contributed by atoms with van der Waals surface area (Å²) in [7, 11) is 2.83. The van der Waals surface area contributed by atoms with Crippen molar-refractivity contribution in [3.8, 4) is 0 Å². The highest BCUT2D eigenvalue weighted by molar-refractivity contribution is 7.88. The molecule has 1 aliphatic rings. The second kappa shape index (κ2) is 6.13. The fourth-order valence-electron chi connectivity index (χ4n) is 2.08. The summed E-state index contributed by atoms with van der Waals surface area (Å²) in [5.41, 5.74) is 0. The van der Waals surface area contributed by atoms with Crippen LogP contribution >= 0.6 is 0 Å². The molecule has 1 rings (SSSR count). The van der Waals surface area contributed by atoms with E-state index in [0.717, 1.165) is 19.6 Å². The molecule has 0 N–H and O–H groups in total. The Morgan fingerprint density at radius 1 is 1.18 bits per heavy atom. The average molecular weight is 263 g/mol. The number of hydrogen-bond donors (Lipinski definition) is 0. The summed E-state index contributed by atoms with van der Waals surface area (Å²) < 4.78 is 23.9. The molecule has 0 spiro atoms. The maximum atomic E-state index is 11.3. The molecule has 1 fully saturated rings. The van der Waals surface area contributed by atoms with Gasteiger partial charge in [-0.15, -0.1) is 0 Å². The van der Waals surface area contributed by atoms with E-state index in [2.05, 4.69) is 23.9 Å². The van der Waals surface area contributed by atoms with Crippen LogP contribution in [0.4, 0.5) is 0 Å². The number of likely N-dealkylation sites (tertiary alicyclic amines) is 1. The summed E-state index contributed by atoms with van der Waals surface area (Å²) in [6, 6.07) is 0.596. The van der Waals surface area contributed by atoms with Crippen molar-refractivity contribution in [3.63, 3.8) is 0 Å². The van der Waals surface area contributed by atoms with Gasteiger partial charge in [-0.3, -0.25) is 0 Å². The molecule has 0 atom stereocenters. The van der Waals surface area contributed by atoms with Gasteiger partial charge in [-0.2, -0.15) is 0 Å². The maximum absolute atomic E-state index is 11.3. The number of hydrogen-bond acceptors (Lipinski definition) is 4. The van der Waals surface area contributed by atoms with Gasteiger partial charge in [0.2, 0.25) is 10.0 Å². The largest absolute Gasteiger partial charge is 0.306 e. The molecule has 0 aromatic heterocycles. The van der Waals surface area contributed by atoms with E-state index in [1.165, 1.54) is 23.4 Å². The average Bonchev–Trinajstić information content (AvgIpc) is 2.25. The number of sulfonamides is 1. The standard InChI is InChI=1S/C11H25N3O2S/c1-12-7-5-11(6-8-12)13(2)9-10-14(3)17(4,15)16/h11H,5-10H2,1-4H3. The summed E-state index contributed by atoms with van der Waals surface area (Å²) in [5.74, 6) is 0. The second-order valence-electron chi connectivity index (χ2n) is 5.10. The Morgan fingerprint density at radius 2 is 1.71 bits per heavy atom. The van der Waals surface area contributed by atoms with Gasteiger partial charge in [0.1, 0.15) is 0 Å². The zero-order chi connectivity index (χ0) is 13.1. The third kappa shape index (κ3) is 4.91. The topological polar surface area (TPSA) is 43.9 Å². The first-order valence-electron chi connectivity index (χ1n) is 6.11. The van der Waals surface area contributed by atoms with Crippen LogP contribution in [-0.2, 0) is 10.0 Å². The van der Waals surface area contributed by atoms with Gasteiger partial charge in [0.05, 0.1) is 6.26 Å². The normalized spacial score (nSPS) is 20.4. The van der Waals surface area contributed by atoms with Crippen molar-refractivity contribution in [2.75, 3.05) is 53.6 Å². The van der Waals surface area contributed by atoms with E-state index < -0.39 is 10.0 Å². The highest BCUT2D eigenvalue weighted by atomic mass is 32.2. The van der Waals surface area contributed by atoms with Crippen molar-refractivity contribution in [3.05, 3.63) is 0 Å². The van der Waals surface area contributed by atoms with Gasteiger partial charge in [0.25, 0.3) is 0 Å². The van der Waals surface area contributed by atoms with Crippen molar-refractivity contribution >= 4 is 10.0 Å². The van der Waals surface area contributed by atoms with E-state index in [-0.39, 0.29) is 0 Å². The van der Waals surface area contributed by atoms with Crippen LogP contribution in [0.2, 0.25) is 0 Å². The van der Waals surface area contributed by atoms with Crippen molar-refractivity contribution < 1.29 is 8.42 Å². The molecule has 6 heteroatoms. The lowest BCUT2D eigenvalue weighted by atomic mass is 10.0. The Bertz CT molecular complexity index is 324. The summed E-state index contributed by atoms with van der Waals surface area (Å²) in [6.07, 6.45) is 3.60. The molecule has 102 valence electrons. The summed E-state index contributed by atoms with van der Waals surface area (Å²) in [6.45, 7) is 3.65. The first-order chi connectivity index (χ1) is 7.80. The minimum atomic E-state index is -3.04. The van der Waals surface area contributed by atoms with Gasteiger partial charge in [-0.1, -0.05) is 0 Å². The molecule has 0 aliphatic carbocycles. The van der Waals surface area contributed by atoms with Crippen molar-refractivity contribution in [2.45, 2.75) is 18.9 Å². The van der Waals surface area contributed by atoms with Gasteiger partial charge >= 0.3 is 0 Å². The molecule has 1 aliphatic heterocycles. The minimum absolute atomic E-state index is 0.571. The van der Waals surface area contributed by atoms with Crippen LogP contribution in [0.25, 0.3) is 0 Å². The lowest BCUT2D eigenvalue weighted by Crippen LogP contribution is -2.44. The highest BCUT2D eigenvalue weighted by Crippen LogP contribution is 2.13. The number of likely N-dealkylation sites (N-methyl/N-ethyl adjacent to an activating group) is 2. The molecule has 5 nitrogen and oxygen atoms in total. The van der Waals surface area contributed by atoms with E-state index in [1.807, 2.05) is 0 Å². The molecular weight excluding hydrogens is 238 g/mol. The Morgan fingerprint density at radius 3 is 2.18 bits per heavy atom. The smallest absolute Gasteiger partial charge is 0.210 e. The predicted octanol–water partition coefficient (Wildman–Crippen LogP) is -0.0962. The van der Waals surface area contributed by atoms with Crippen LogP contribution in [0.1, 0.15) is 12.8 Å². The van der Waals surface area contributed by atoms with E-state index >= 15 is 0 Å². The Hall–Kier alpha value is -0.170. The molecule has 0 bridgehead atoms. The van der Waals surface area contributed by atoms with Crippen molar-refractivity contribution in [1.82, 2.24) is 14.1 Å². The van der Waals surface area contributed by atoms with E-state index in [0.29, 0.717) is 12.6 Å². The van der Waals surface area contributed by atoms with Gasteiger partial charge in [-0.05, 0) is 40.0 Å².